The number of ketones is 1. The van der Waals surface area contributed by atoms with Gasteiger partial charge in [0.15, 0.2) is 5.76 Å². The molecule has 4 aliphatic rings. The van der Waals surface area contributed by atoms with E-state index in [-0.39, 0.29) is 22.4 Å². The molecule has 0 aromatic heterocycles. The molecule has 1 N–H and O–H groups in total. The molecule has 164 valence electrons. The maximum atomic E-state index is 12.5. The van der Waals surface area contributed by atoms with Crippen molar-refractivity contribution in [1.29, 1.82) is 0 Å². The van der Waals surface area contributed by atoms with Gasteiger partial charge in [-0.1, -0.05) is 65.7 Å². The summed E-state index contributed by atoms with van der Waals surface area (Å²) in [7, 11) is 0. The number of fused-ring (bicyclic) bond motifs is 2. The van der Waals surface area contributed by atoms with Gasteiger partial charge in [0.25, 0.3) is 0 Å². The molecule has 0 aliphatic heterocycles. The molecular weight excluding hydrogens is 368 g/mol. The van der Waals surface area contributed by atoms with Crippen LogP contribution in [0.3, 0.4) is 0 Å². The Morgan fingerprint density at radius 3 is 2.47 bits per heavy atom. The van der Waals surface area contributed by atoms with Gasteiger partial charge in [-0.15, -0.1) is 0 Å². The lowest BCUT2D eigenvalue weighted by Crippen LogP contribution is -2.51. The summed E-state index contributed by atoms with van der Waals surface area (Å²) in [4.78, 5) is 12.5. The largest absolute Gasteiger partial charge is 0.504 e. The number of rotatable bonds is 2. The van der Waals surface area contributed by atoms with E-state index < -0.39 is 0 Å². The number of aliphatic hydroxyl groups excluding tert-OH is 1. The van der Waals surface area contributed by atoms with Crippen molar-refractivity contribution in [2.75, 3.05) is 0 Å². The lowest BCUT2D eigenvalue weighted by atomic mass is 9.44. The van der Waals surface area contributed by atoms with Crippen molar-refractivity contribution in [2.45, 2.75) is 87.0 Å². The van der Waals surface area contributed by atoms with Crippen molar-refractivity contribution in [3.8, 4) is 0 Å². The molecule has 4 rings (SSSR count). The van der Waals surface area contributed by atoms with Crippen LogP contribution in [0.25, 0.3) is 0 Å². The first-order chi connectivity index (χ1) is 14.0. The summed E-state index contributed by atoms with van der Waals surface area (Å²) >= 11 is 0. The van der Waals surface area contributed by atoms with Gasteiger partial charge in [-0.05, 0) is 84.8 Å². The average Bonchev–Trinajstić information content (AvgIpc) is 2.72. The molecule has 2 heteroatoms. The van der Waals surface area contributed by atoms with Crippen LogP contribution in [0, 0.1) is 34.0 Å². The first-order valence-electron chi connectivity index (χ1n) is 12.1. The predicted octanol–water partition coefficient (Wildman–Crippen LogP) is 7.49. The van der Waals surface area contributed by atoms with Crippen LogP contribution in [0.5, 0.6) is 0 Å². The second kappa shape index (κ2) is 6.97. The Kier molecular flexibility index (Phi) is 5.03. The molecule has 0 radical (unpaired) electrons. The summed E-state index contributed by atoms with van der Waals surface area (Å²) in [6.07, 6.45) is 13.8. The van der Waals surface area contributed by atoms with Crippen LogP contribution >= 0.6 is 0 Å². The summed E-state index contributed by atoms with van der Waals surface area (Å²) in [6.45, 7) is 16.4. The van der Waals surface area contributed by atoms with Gasteiger partial charge in [0.2, 0.25) is 5.78 Å². The molecule has 0 amide bonds. The van der Waals surface area contributed by atoms with E-state index in [1.807, 2.05) is 6.92 Å². The van der Waals surface area contributed by atoms with E-state index >= 15 is 0 Å². The van der Waals surface area contributed by atoms with Crippen LogP contribution in [-0.2, 0) is 4.79 Å². The molecule has 2 nitrogen and oxygen atoms in total. The first kappa shape index (κ1) is 21.7. The van der Waals surface area contributed by atoms with E-state index in [9.17, 15) is 9.90 Å². The number of aliphatic hydroxyl groups is 1. The van der Waals surface area contributed by atoms with Crippen molar-refractivity contribution in [3.63, 3.8) is 0 Å². The molecule has 6 unspecified atom stereocenters. The predicted molar refractivity (Wildman–Crippen MR) is 124 cm³/mol. The van der Waals surface area contributed by atoms with Crippen molar-refractivity contribution < 1.29 is 9.90 Å². The summed E-state index contributed by atoms with van der Waals surface area (Å²) in [5.74, 6) is 1.88. The molecular formula is C28H40O2. The Balaban J connectivity index is 1.81. The van der Waals surface area contributed by atoms with Gasteiger partial charge in [0.05, 0.1) is 0 Å². The summed E-state index contributed by atoms with van der Waals surface area (Å²) in [5.41, 5.74) is 4.83. The minimum Gasteiger partial charge on any atom is -0.504 e. The monoisotopic (exact) mass is 408 g/mol. The summed E-state index contributed by atoms with van der Waals surface area (Å²) in [5, 5.41) is 10.2. The standard InChI is InChI=1S/C28H40O2/c1-8-27(6)22-16-23(29)25(30)18(3)20(22)9-10-24(27)28(7)14-13-26(5)12-11-17(2)15-21(26)19(28)4/h9-10,16-17,19,21,30H,8,11-15H2,1-7H3. The van der Waals surface area contributed by atoms with Gasteiger partial charge in [-0.25, -0.2) is 0 Å². The van der Waals surface area contributed by atoms with E-state index in [0.29, 0.717) is 11.3 Å². The Bertz CT molecular complexity index is 900. The highest BCUT2D eigenvalue weighted by Crippen LogP contribution is 2.65. The molecule has 6 atom stereocenters. The molecule has 0 bridgehead atoms. The molecule has 4 aliphatic carbocycles. The second-order valence-electron chi connectivity index (χ2n) is 11.6. The lowest BCUT2D eigenvalue weighted by molar-refractivity contribution is -0.113. The van der Waals surface area contributed by atoms with E-state index in [2.05, 4.69) is 53.7 Å². The van der Waals surface area contributed by atoms with Gasteiger partial charge in [-0.2, -0.15) is 0 Å². The molecule has 0 heterocycles. The van der Waals surface area contributed by atoms with Gasteiger partial charge in [-0.3, -0.25) is 4.79 Å². The molecule has 30 heavy (non-hydrogen) atoms. The van der Waals surface area contributed by atoms with Crippen molar-refractivity contribution in [1.82, 2.24) is 0 Å². The van der Waals surface area contributed by atoms with Crippen molar-refractivity contribution in [2.24, 2.45) is 34.0 Å². The fourth-order valence-electron chi connectivity index (χ4n) is 7.47. The third-order valence-corrected chi connectivity index (χ3v) is 10.1. The zero-order valence-electron chi connectivity index (χ0n) is 20.1. The highest BCUT2D eigenvalue weighted by atomic mass is 16.3. The van der Waals surface area contributed by atoms with Crippen LogP contribution in [-0.4, -0.2) is 10.9 Å². The third-order valence-electron chi connectivity index (χ3n) is 10.1. The van der Waals surface area contributed by atoms with Crippen LogP contribution in [0.1, 0.15) is 87.0 Å². The quantitative estimate of drug-likeness (QED) is 0.514. The smallest absolute Gasteiger partial charge is 0.220 e. The summed E-state index contributed by atoms with van der Waals surface area (Å²) in [6, 6.07) is 0. The van der Waals surface area contributed by atoms with Crippen LogP contribution in [0.2, 0.25) is 0 Å². The van der Waals surface area contributed by atoms with E-state index in [4.69, 9.17) is 0 Å². The van der Waals surface area contributed by atoms with Gasteiger partial charge in [0.1, 0.15) is 0 Å². The van der Waals surface area contributed by atoms with Crippen molar-refractivity contribution in [3.05, 3.63) is 46.3 Å². The Labute approximate surface area is 183 Å². The minimum absolute atomic E-state index is 0.0930. The van der Waals surface area contributed by atoms with Crippen LogP contribution in [0.15, 0.2) is 46.3 Å². The normalized spacial score (nSPS) is 44.0. The zero-order chi connectivity index (χ0) is 22.1. The third kappa shape index (κ3) is 2.85. The highest BCUT2D eigenvalue weighted by Gasteiger charge is 2.56. The summed E-state index contributed by atoms with van der Waals surface area (Å²) < 4.78 is 0. The van der Waals surface area contributed by atoms with Crippen molar-refractivity contribution >= 4 is 5.78 Å². The number of carbonyl (C=O) groups excluding carboxylic acids is 1. The molecule has 0 spiro atoms. The average molecular weight is 409 g/mol. The fraction of sp³-hybridized carbons (Fsp3) is 0.679. The first-order valence-corrected chi connectivity index (χ1v) is 12.1. The Hall–Kier alpha value is -1.57. The molecule has 0 aromatic rings. The lowest BCUT2D eigenvalue weighted by Gasteiger charge is -2.60. The van der Waals surface area contributed by atoms with Gasteiger partial charge >= 0.3 is 0 Å². The molecule has 2 fully saturated rings. The van der Waals surface area contributed by atoms with Gasteiger partial charge in [0, 0.05) is 11.0 Å². The second-order valence-corrected chi connectivity index (χ2v) is 11.6. The van der Waals surface area contributed by atoms with Crippen LogP contribution < -0.4 is 0 Å². The van der Waals surface area contributed by atoms with E-state index in [0.717, 1.165) is 35.0 Å². The van der Waals surface area contributed by atoms with E-state index in [1.54, 1.807) is 6.08 Å². The topological polar surface area (TPSA) is 37.3 Å². The van der Waals surface area contributed by atoms with Gasteiger partial charge < -0.3 is 5.11 Å². The Morgan fingerprint density at radius 1 is 1.10 bits per heavy atom. The highest BCUT2D eigenvalue weighted by molar-refractivity contribution is 6.06. The SMILES string of the molecule is CCC1(C)C2=CC(=O)C(O)=C(C)C2=CC=C1C1(C)CCC2(C)CCC(C)CC2C1C. The van der Waals surface area contributed by atoms with E-state index in [1.165, 1.54) is 37.7 Å². The molecule has 0 saturated heterocycles. The molecule has 0 aromatic carbocycles. The number of carbonyl (C=O) groups is 1. The number of hydrogen-bond acceptors (Lipinski definition) is 2. The maximum absolute atomic E-state index is 12.5. The zero-order valence-corrected chi connectivity index (χ0v) is 20.1. The maximum Gasteiger partial charge on any atom is 0.220 e. The molecule has 2 saturated carbocycles. The Morgan fingerprint density at radius 2 is 1.80 bits per heavy atom. The minimum atomic E-state index is -0.240. The number of hydrogen-bond donors (Lipinski definition) is 1. The number of allylic oxidation sites excluding steroid dienone is 7. The van der Waals surface area contributed by atoms with Crippen LogP contribution in [0.4, 0.5) is 0 Å². The fourth-order valence-corrected chi connectivity index (χ4v) is 7.47.